The van der Waals surface area contributed by atoms with Crippen LogP contribution in [-0.4, -0.2) is 16.5 Å². The van der Waals surface area contributed by atoms with Crippen LogP contribution in [0.5, 0.6) is 0 Å². The lowest BCUT2D eigenvalue weighted by molar-refractivity contribution is -0.384. The quantitative estimate of drug-likeness (QED) is 0.682. The molecule has 86 valence electrons. The molecule has 1 aromatic heterocycles. The monoisotopic (exact) mass is 285 g/mol. The van der Waals surface area contributed by atoms with Gasteiger partial charge in [0, 0.05) is 23.3 Å². The minimum absolute atomic E-state index is 0.0219. The molecule has 16 heavy (non-hydrogen) atoms. The van der Waals surface area contributed by atoms with Gasteiger partial charge >= 0.3 is 5.69 Å². The first kappa shape index (κ1) is 11.3. The Bertz CT molecular complexity index is 407. The van der Waals surface area contributed by atoms with Crippen LogP contribution >= 0.6 is 15.9 Å². The highest BCUT2D eigenvalue weighted by atomic mass is 79.9. The van der Waals surface area contributed by atoms with Gasteiger partial charge < -0.3 is 5.32 Å². The van der Waals surface area contributed by atoms with Crippen molar-refractivity contribution < 1.29 is 4.92 Å². The fraction of sp³-hybridized carbons (Fsp3) is 0.500. The van der Waals surface area contributed by atoms with Gasteiger partial charge in [-0.15, -0.1) is 0 Å². The molecule has 1 N–H and O–H groups in total. The van der Waals surface area contributed by atoms with Gasteiger partial charge in [0.1, 0.15) is 0 Å². The number of anilines is 1. The van der Waals surface area contributed by atoms with Gasteiger partial charge in [0.2, 0.25) is 5.82 Å². The minimum Gasteiger partial charge on any atom is -0.364 e. The normalized spacial score (nSPS) is 15.6. The summed E-state index contributed by atoms with van der Waals surface area (Å²) in [6, 6.07) is 1.47. The molecule has 1 aliphatic rings. The largest absolute Gasteiger partial charge is 0.364 e. The fourth-order valence-corrected chi connectivity index (χ4v) is 1.96. The summed E-state index contributed by atoms with van der Waals surface area (Å²) in [7, 11) is 0. The summed E-state index contributed by atoms with van der Waals surface area (Å²) in [6.07, 6.45) is 5.24. The molecule has 0 radical (unpaired) electrons. The second kappa shape index (κ2) is 4.78. The van der Waals surface area contributed by atoms with E-state index in [0.717, 1.165) is 6.54 Å². The van der Waals surface area contributed by atoms with Crippen LogP contribution in [0.25, 0.3) is 0 Å². The molecule has 1 aromatic rings. The topological polar surface area (TPSA) is 68.1 Å². The molecule has 2 rings (SSSR count). The number of aromatic nitrogens is 1. The lowest BCUT2D eigenvalue weighted by Gasteiger charge is -2.25. The Morgan fingerprint density at radius 3 is 2.94 bits per heavy atom. The van der Waals surface area contributed by atoms with E-state index in [1.54, 1.807) is 6.20 Å². The first-order valence-corrected chi connectivity index (χ1v) is 6.00. The van der Waals surface area contributed by atoms with Gasteiger partial charge in [0.05, 0.1) is 4.92 Å². The first-order chi connectivity index (χ1) is 7.66. The molecule has 0 aliphatic heterocycles. The van der Waals surface area contributed by atoms with E-state index in [0.29, 0.717) is 16.2 Å². The number of nitro groups is 1. The van der Waals surface area contributed by atoms with E-state index >= 15 is 0 Å². The second-order valence-corrected chi connectivity index (χ2v) is 4.87. The third-order valence-corrected chi connectivity index (χ3v) is 3.25. The molecule has 0 bridgehead atoms. The highest BCUT2D eigenvalue weighted by Gasteiger charge is 2.20. The average Bonchev–Trinajstić information content (AvgIpc) is 2.17. The lowest BCUT2D eigenvalue weighted by atomic mass is 9.85. The van der Waals surface area contributed by atoms with Crippen LogP contribution in [0.3, 0.4) is 0 Å². The Morgan fingerprint density at radius 1 is 1.62 bits per heavy atom. The third-order valence-electron chi connectivity index (χ3n) is 2.81. The average molecular weight is 286 g/mol. The Labute approximate surface area is 102 Å². The van der Waals surface area contributed by atoms with E-state index in [-0.39, 0.29) is 5.69 Å². The molecule has 0 unspecified atom stereocenters. The van der Waals surface area contributed by atoms with Crippen molar-refractivity contribution in [2.45, 2.75) is 19.3 Å². The van der Waals surface area contributed by atoms with Crippen LogP contribution in [0.4, 0.5) is 11.5 Å². The van der Waals surface area contributed by atoms with Crippen molar-refractivity contribution in [1.82, 2.24) is 4.98 Å². The summed E-state index contributed by atoms with van der Waals surface area (Å²) in [4.78, 5) is 14.4. The number of hydrogen-bond donors (Lipinski definition) is 1. The molecule has 0 amide bonds. The molecule has 0 atom stereocenters. The zero-order valence-corrected chi connectivity index (χ0v) is 10.2. The molecular weight excluding hydrogens is 274 g/mol. The summed E-state index contributed by atoms with van der Waals surface area (Å²) in [5.41, 5.74) is 0.0219. The number of rotatable bonds is 4. The summed E-state index contributed by atoms with van der Waals surface area (Å²) in [5, 5.41) is 13.9. The highest BCUT2D eigenvalue weighted by Crippen LogP contribution is 2.29. The fourth-order valence-electron chi connectivity index (χ4n) is 1.64. The summed E-state index contributed by atoms with van der Waals surface area (Å²) >= 11 is 3.17. The van der Waals surface area contributed by atoms with Crippen molar-refractivity contribution in [3.63, 3.8) is 0 Å². The van der Waals surface area contributed by atoms with Crippen molar-refractivity contribution >= 4 is 27.4 Å². The van der Waals surface area contributed by atoms with Crippen LogP contribution in [0.1, 0.15) is 19.3 Å². The smallest absolute Gasteiger partial charge is 0.312 e. The molecule has 5 nitrogen and oxygen atoms in total. The van der Waals surface area contributed by atoms with Gasteiger partial charge in [-0.05, 0) is 34.7 Å². The van der Waals surface area contributed by atoms with E-state index in [2.05, 4.69) is 26.2 Å². The van der Waals surface area contributed by atoms with Crippen molar-refractivity contribution in [3.05, 3.63) is 26.9 Å². The predicted molar refractivity (Wildman–Crippen MR) is 64.4 cm³/mol. The van der Waals surface area contributed by atoms with Crippen molar-refractivity contribution in [2.24, 2.45) is 5.92 Å². The Balaban J connectivity index is 2.08. The lowest BCUT2D eigenvalue weighted by Crippen LogP contribution is -2.21. The minimum atomic E-state index is -0.416. The van der Waals surface area contributed by atoms with Gasteiger partial charge in [-0.3, -0.25) is 10.1 Å². The Kier molecular flexibility index (Phi) is 3.38. The van der Waals surface area contributed by atoms with Crippen LogP contribution in [0.15, 0.2) is 16.7 Å². The zero-order chi connectivity index (χ0) is 11.5. The van der Waals surface area contributed by atoms with E-state index in [1.807, 2.05) is 0 Å². The van der Waals surface area contributed by atoms with Crippen LogP contribution in [-0.2, 0) is 0 Å². The van der Waals surface area contributed by atoms with Gasteiger partial charge in [-0.25, -0.2) is 4.98 Å². The molecule has 1 saturated carbocycles. The van der Waals surface area contributed by atoms with Gasteiger partial charge in [-0.2, -0.15) is 0 Å². The number of pyridine rings is 1. The summed E-state index contributed by atoms with van der Waals surface area (Å²) in [6.45, 7) is 0.773. The van der Waals surface area contributed by atoms with Crippen LogP contribution < -0.4 is 5.32 Å². The maximum Gasteiger partial charge on any atom is 0.312 e. The van der Waals surface area contributed by atoms with E-state index in [1.165, 1.54) is 25.3 Å². The Hall–Kier alpha value is -1.17. The molecule has 0 spiro atoms. The van der Waals surface area contributed by atoms with Crippen LogP contribution in [0, 0.1) is 16.0 Å². The molecule has 0 saturated heterocycles. The maximum atomic E-state index is 10.8. The number of hydrogen-bond acceptors (Lipinski definition) is 4. The van der Waals surface area contributed by atoms with Crippen molar-refractivity contribution in [3.8, 4) is 0 Å². The van der Waals surface area contributed by atoms with E-state index < -0.39 is 4.92 Å². The molecule has 0 aromatic carbocycles. The SMILES string of the molecule is O=[N+]([O-])c1cc(Br)cnc1NCC1CCC1. The highest BCUT2D eigenvalue weighted by molar-refractivity contribution is 9.10. The molecule has 6 heteroatoms. The number of nitrogens with zero attached hydrogens (tertiary/aromatic N) is 2. The second-order valence-electron chi connectivity index (χ2n) is 3.96. The molecule has 1 heterocycles. The molecule has 1 aliphatic carbocycles. The summed E-state index contributed by atoms with van der Waals surface area (Å²) in [5.74, 6) is 1.00. The van der Waals surface area contributed by atoms with Gasteiger partial charge in [-0.1, -0.05) is 6.42 Å². The third kappa shape index (κ3) is 2.49. The first-order valence-electron chi connectivity index (χ1n) is 5.20. The molecular formula is C10H12BrN3O2. The van der Waals surface area contributed by atoms with Crippen molar-refractivity contribution in [2.75, 3.05) is 11.9 Å². The Morgan fingerprint density at radius 2 is 2.38 bits per heavy atom. The number of halogens is 1. The van der Waals surface area contributed by atoms with Crippen molar-refractivity contribution in [1.29, 1.82) is 0 Å². The van der Waals surface area contributed by atoms with Crippen LogP contribution in [0.2, 0.25) is 0 Å². The predicted octanol–water partition coefficient (Wildman–Crippen LogP) is 2.96. The van der Waals surface area contributed by atoms with E-state index in [9.17, 15) is 10.1 Å². The molecule has 1 fully saturated rings. The van der Waals surface area contributed by atoms with Gasteiger partial charge in [0.15, 0.2) is 0 Å². The zero-order valence-electron chi connectivity index (χ0n) is 8.65. The van der Waals surface area contributed by atoms with E-state index in [4.69, 9.17) is 0 Å². The van der Waals surface area contributed by atoms with Gasteiger partial charge in [0.25, 0.3) is 0 Å². The summed E-state index contributed by atoms with van der Waals surface area (Å²) < 4.78 is 0.619. The standard InChI is InChI=1S/C10H12BrN3O2/c11-8-4-9(14(15)16)10(13-6-8)12-5-7-2-1-3-7/h4,6-7H,1-3,5H2,(H,12,13). The number of nitrogens with one attached hydrogen (secondary N) is 1. The maximum absolute atomic E-state index is 10.8.